The molecule has 1 radical (unpaired) electrons. The summed E-state index contributed by atoms with van der Waals surface area (Å²) in [6, 6.07) is 28.9. The van der Waals surface area contributed by atoms with Gasteiger partial charge in [0.05, 0.1) is 0 Å². The number of hydrogen-bond donors (Lipinski definition) is 0. The van der Waals surface area contributed by atoms with Crippen LogP contribution in [-0.4, -0.2) is 0 Å². The predicted octanol–water partition coefficient (Wildman–Crippen LogP) is 4.64. The lowest BCUT2D eigenvalue weighted by Crippen LogP contribution is -1.99. The molecule has 22 heavy (non-hydrogen) atoms. The zero-order chi connectivity index (χ0) is 15.0. The Morgan fingerprint density at radius 3 is 1.45 bits per heavy atom. The van der Waals surface area contributed by atoms with Gasteiger partial charge < -0.3 is 9.47 Å². The molecular formula is C20H17O2. The van der Waals surface area contributed by atoms with Crippen molar-refractivity contribution in [2.45, 2.75) is 13.2 Å². The molecule has 0 aliphatic heterocycles. The summed E-state index contributed by atoms with van der Waals surface area (Å²) in [5, 5.41) is 0. The predicted molar refractivity (Wildman–Crippen MR) is 86.8 cm³/mol. The van der Waals surface area contributed by atoms with Gasteiger partial charge in [0.2, 0.25) is 0 Å². The highest BCUT2D eigenvalue weighted by molar-refractivity contribution is 5.25. The second-order valence-corrected chi connectivity index (χ2v) is 4.90. The van der Waals surface area contributed by atoms with Gasteiger partial charge in [0.1, 0.15) is 24.7 Å². The molecule has 0 atom stereocenters. The number of benzene rings is 3. The van der Waals surface area contributed by atoms with Crippen LogP contribution in [0.15, 0.2) is 78.9 Å². The highest BCUT2D eigenvalue weighted by Gasteiger charge is 2.00. The van der Waals surface area contributed by atoms with Gasteiger partial charge in [-0.1, -0.05) is 54.6 Å². The van der Waals surface area contributed by atoms with E-state index in [0.29, 0.717) is 13.2 Å². The lowest BCUT2D eigenvalue weighted by Gasteiger charge is -2.09. The lowest BCUT2D eigenvalue weighted by atomic mass is 10.1. The Kier molecular flexibility index (Phi) is 4.73. The normalized spacial score (nSPS) is 10.2. The van der Waals surface area contributed by atoms with Crippen molar-refractivity contribution in [3.05, 3.63) is 96.1 Å². The molecule has 0 unspecified atom stereocenters. The van der Waals surface area contributed by atoms with Gasteiger partial charge >= 0.3 is 0 Å². The second-order valence-electron chi connectivity index (χ2n) is 4.90. The Labute approximate surface area is 131 Å². The van der Waals surface area contributed by atoms with Gasteiger partial charge in [-0.2, -0.15) is 0 Å². The molecular weight excluding hydrogens is 272 g/mol. The molecule has 0 amide bonds. The minimum atomic E-state index is 0.503. The zero-order valence-electron chi connectivity index (χ0n) is 12.2. The first kappa shape index (κ1) is 14.2. The fraction of sp³-hybridized carbons (Fsp3) is 0.100. The molecule has 0 spiro atoms. The highest BCUT2D eigenvalue weighted by atomic mass is 16.5. The first-order valence-electron chi connectivity index (χ1n) is 7.26. The van der Waals surface area contributed by atoms with E-state index in [-0.39, 0.29) is 0 Å². The summed E-state index contributed by atoms with van der Waals surface area (Å²) >= 11 is 0. The van der Waals surface area contributed by atoms with Crippen LogP contribution in [0.2, 0.25) is 0 Å². The van der Waals surface area contributed by atoms with Gasteiger partial charge in [-0.3, -0.25) is 0 Å². The molecule has 0 heterocycles. The van der Waals surface area contributed by atoms with Crippen molar-refractivity contribution in [3.8, 4) is 11.5 Å². The highest BCUT2D eigenvalue weighted by Crippen LogP contribution is 2.14. The largest absolute Gasteiger partial charge is 0.489 e. The van der Waals surface area contributed by atoms with Crippen molar-refractivity contribution in [2.24, 2.45) is 0 Å². The second kappa shape index (κ2) is 7.32. The first-order chi connectivity index (χ1) is 10.9. The van der Waals surface area contributed by atoms with Gasteiger partial charge in [-0.15, -0.1) is 0 Å². The van der Waals surface area contributed by atoms with E-state index in [0.717, 1.165) is 22.6 Å². The fourth-order valence-electron chi connectivity index (χ4n) is 2.09. The summed E-state index contributed by atoms with van der Waals surface area (Å²) in [7, 11) is 0. The monoisotopic (exact) mass is 289 g/mol. The Hall–Kier alpha value is -2.74. The Bertz CT molecular complexity index is 634. The summed E-state index contributed by atoms with van der Waals surface area (Å²) in [5.74, 6) is 1.73. The molecule has 3 rings (SSSR count). The maximum atomic E-state index is 5.74. The summed E-state index contributed by atoms with van der Waals surface area (Å²) in [4.78, 5) is 0. The molecule has 0 aliphatic rings. The molecule has 0 saturated carbocycles. The van der Waals surface area contributed by atoms with Gasteiger partial charge in [-0.25, -0.2) is 0 Å². The average molecular weight is 289 g/mol. The van der Waals surface area contributed by atoms with E-state index in [1.807, 2.05) is 78.9 Å². The van der Waals surface area contributed by atoms with Crippen LogP contribution < -0.4 is 9.47 Å². The van der Waals surface area contributed by atoms with Crippen LogP contribution in [0, 0.1) is 6.07 Å². The molecule has 0 aliphatic carbocycles. The van der Waals surface area contributed by atoms with Crippen LogP contribution in [0.3, 0.4) is 0 Å². The minimum Gasteiger partial charge on any atom is -0.489 e. The van der Waals surface area contributed by atoms with Crippen molar-refractivity contribution >= 4 is 0 Å². The number of rotatable bonds is 6. The molecule has 109 valence electrons. The van der Waals surface area contributed by atoms with Crippen LogP contribution in [0.1, 0.15) is 11.1 Å². The maximum Gasteiger partial charge on any atom is 0.119 e. The molecule has 2 nitrogen and oxygen atoms in total. The van der Waals surface area contributed by atoms with Crippen molar-refractivity contribution in [1.29, 1.82) is 0 Å². The van der Waals surface area contributed by atoms with Crippen molar-refractivity contribution in [1.82, 2.24) is 0 Å². The quantitative estimate of drug-likeness (QED) is 0.658. The summed E-state index contributed by atoms with van der Waals surface area (Å²) in [6.07, 6.45) is 0. The van der Waals surface area contributed by atoms with Crippen LogP contribution in [0.25, 0.3) is 0 Å². The third-order valence-corrected chi connectivity index (χ3v) is 3.19. The Morgan fingerprint density at radius 1 is 0.545 bits per heavy atom. The Morgan fingerprint density at radius 2 is 1.00 bits per heavy atom. The van der Waals surface area contributed by atoms with E-state index in [2.05, 4.69) is 6.07 Å². The van der Waals surface area contributed by atoms with Gasteiger partial charge in [0.25, 0.3) is 0 Å². The molecule has 0 saturated heterocycles. The van der Waals surface area contributed by atoms with Gasteiger partial charge in [0.15, 0.2) is 0 Å². The van der Waals surface area contributed by atoms with Crippen LogP contribution in [0.4, 0.5) is 0 Å². The molecule has 3 aromatic carbocycles. The third kappa shape index (κ3) is 4.13. The molecule has 0 aromatic heterocycles. The standard InChI is InChI=1S/C20H17O2/c1-3-10-19(11-4-1)21-15-17-8-7-9-18(14-17)16-22-20-12-5-2-6-13-20/h1-13H,15-16H2. The Balaban J connectivity index is 1.58. The van der Waals surface area contributed by atoms with Gasteiger partial charge in [-0.05, 0) is 41.5 Å². The SMILES string of the molecule is [c]1c(COc2ccccc2)cccc1COc1ccccc1. The van der Waals surface area contributed by atoms with E-state index in [4.69, 9.17) is 9.47 Å². The molecule has 0 bridgehead atoms. The topological polar surface area (TPSA) is 18.5 Å². The minimum absolute atomic E-state index is 0.503. The van der Waals surface area contributed by atoms with Crippen molar-refractivity contribution < 1.29 is 9.47 Å². The molecule has 2 heteroatoms. The number of hydrogen-bond acceptors (Lipinski definition) is 2. The first-order valence-corrected chi connectivity index (χ1v) is 7.26. The van der Waals surface area contributed by atoms with Crippen LogP contribution >= 0.6 is 0 Å². The molecule has 0 fully saturated rings. The van der Waals surface area contributed by atoms with Gasteiger partial charge in [0, 0.05) is 0 Å². The van der Waals surface area contributed by atoms with Crippen LogP contribution in [-0.2, 0) is 13.2 Å². The maximum absolute atomic E-state index is 5.74. The van der Waals surface area contributed by atoms with Crippen molar-refractivity contribution in [3.63, 3.8) is 0 Å². The summed E-state index contributed by atoms with van der Waals surface area (Å²) in [5.41, 5.74) is 2.02. The van der Waals surface area contributed by atoms with E-state index in [9.17, 15) is 0 Å². The fourth-order valence-corrected chi connectivity index (χ4v) is 2.09. The van der Waals surface area contributed by atoms with Crippen molar-refractivity contribution in [2.75, 3.05) is 0 Å². The third-order valence-electron chi connectivity index (χ3n) is 3.19. The zero-order valence-corrected chi connectivity index (χ0v) is 12.2. The van der Waals surface area contributed by atoms with E-state index >= 15 is 0 Å². The number of ether oxygens (including phenoxy) is 2. The van der Waals surface area contributed by atoms with Crippen LogP contribution in [0.5, 0.6) is 11.5 Å². The van der Waals surface area contributed by atoms with E-state index in [1.54, 1.807) is 0 Å². The number of para-hydroxylation sites is 2. The van der Waals surface area contributed by atoms with E-state index < -0.39 is 0 Å². The lowest BCUT2D eigenvalue weighted by molar-refractivity contribution is 0.299. The summed E-state index contributed by atoms with van der Waals surface area (Å²) in [6.45, 7) is 1.01. The van der Waals surface area contributed by atoms with E-state index in [1.165, 1.54) is 0 Å². The smallest absolute Gasteiger partial charge is 0.119 e. The molecule has 3 aromatic rings. The molecule has 0 N–H and O–H groups in total. The average Bonchev–Trinajstić information content (AvgIpc) is 2.60. The summed E-state index contributed by atoms with van der Waals surface area (Å²) < 4.78 is 11.5.